The Labute approximate surface area is 75.8 Å². The van der Waals surface area contributed by atoms with Crippen LogP contribution in [0.3, 0.4) is 0 Å². The first-order valence-electron chi connectivity index (χ1n) is 3.83. The second kappa shape index (κ2) is 3.67. The predicted molar refractivity (Wildman–Crippen MR) is 50.9 cm³/mol. The summed E-state index contributed by atoms with van der Waals surface area (Å²) in [6.07, 6.45) is 1.61. The zero-order valence-electron chi connectivity index (χ0n) is 7.42. The Balaban J connectivity index is 2.71. The van der Waals surface area contributed by atoms with Gasteiger partial charge in [-0.15, -0.1) is 0 Å². The molecule has 1 heterocycles. The van der Waals surface area contributed by atoms with Crippen LogP contribution in [0.15, 0.2) is 6.20 Å². The lowest BCUT2D eigenvalue weighted by Gasteiger charge is -2.03. The maximum absolute atomic E-state index is 10.9. The topological polar surface area (TPSA) is 42.0 Å². The molecule has 0 aliphatic heterocycles. The van der Waals surface area contributed by atoms with Crippen LogP contribution < -0.4 is 5.32 Å². The molecule has 0 aliphatic carbocycles. The maximum atomic E-state index is 10.9. The van der Waals surface area contributed by atoms with E-state index >= 15 is 0 Å². The van der Waals surface area contributed by atoms with Gasteiger partial charge < -0.3 is 5.32 Å². The average molecular weight is 184 g/mol. The molecule has 0 fully saturated rings. The second-order valence-electron chi connectivity index (χ2n) is 2.88. The van der Waals surface area contributed by atoms with Crippen LogP contribution in [0.1, 0.15) is 30.4 Å². The summed E-state index contributed by atoms with van der Waals surface area (Å²) in [5.74, 6) is 0.0734. The molecule has 3 nitrogen and oxygen atoms in total. The summed E-state index contributed by atoms with van der Waals surface area (Å²) < 4.78 is 0. The Hall–Kier alpha value is -0.900. The van der Waals surface area contributed by atoms with Gasteiger partial charge in [-0.2, -0.15) is 0 Å². The van der Waals surface area contributed by atoms with Crippen molar-refractivity contribution in [3.8, 4) is 0 Å². The molecule has 0 saturated heterocycles. The molecular weight excluding hydrogens is 172 g/mol. The Morgan fingerprint density at radius 2 is 2.33 bits per heavy atom. The van der Waals surface area contributed by atoms with Crippen molar-refractivity contribution in [3.63, 3.8) is 0 Å². The number of hydrogen-bond donors (Lipinski definition) is 1. The summed E-state index contributed by atoms with van der Waals surface area (Å²) in [4.78, 5) is 15.7. The summed E-state index contributed by atoms with van der Waals surface area (Å²) >= 11 is 1.40. The average Bonchev–Trinajstić information content (AvgIpc) is 2.34. The molecule has 1 aromatic heterocycles. The molecule has 1 N–H and O–H groups in total. The van der Waals surface area contributed by atoms with E-state index in [1.165, 1.54) is 11.3 Å². The molecule has 0 atom stereocenters. The molecule has 12 heavy (non-hydrogen) atoms. The minimum absolute atomic E-state index is 0.0734. The van der Waals surface area contributed by atoms with Crippen LogP contribution in [-0.4, -0.2) is 16.8 Å². The Morgan fingerprint density at radius 3 is 2.75 bits per heavy atom. The number of anilines is 1. The Kier molecular flexibility index (Phi) is 2.81. The third-order valence-corrected chi connectivity index (χ3v) is 2.29. The lowest BCUT2D eigenvalue weighted by Crippen LogP contribution is -2.08. The van der Waals surface area contributed by atoms with Crippen molar-refractivity contribution < 1.29 is 4.79 Å². The van der Waals surface area contributed by atoms with Crippen molar-refractivity contribution >= 4 is 22.3 Å². The van der Waals surface area contributed by atoms with Crippen LogP contribution in [0, 0.1) is 0 Å². The van der Waals surface area contributed by atoms with Crippen molar-refractivity contribution in [2.24, 2.45) is 0 Å². The van der Waals surface area contributed by atoms with Crippen molar-refractivity contribution in [2.45, 2.75) is 26.8 Å². The molecule has 0 bridgehead atoms. The number of ketones is 1. The van der Waals surface area contributed by atoms with Crippen molar-refractivity contribution in [3.05, 3.63) is 11.1 Å². The van der Waals surface area contributed by atoms with Gasteiger partial charge in [0.1, 0.15) is 0 Å². The largest absolute Gasteiger partial charge is 0.359 e. The molecular formula is C8H12N2OS. The third kappa shape index (κ3) is 2.30. The number of rotatable bonds is 3. The number of Topliss-reactive ketones (excluding diaryl/α,β-unsaturated/α-hetero) is 1. The first kappa shape index (κ1) is 9.19. The highest BCUT2D eigenvalue weighted by Gasteiger charge is 2.05. The van der Waals surface area contributed by atoms with E-state index in [0.717, 1.165) is 5.13 Å². The fourth-order valence-electron chi connectivity index (χ4n) is 0.751. The van der Waals surface area contributed by atoms with Gasteiger partial charge in [-0.05, 0) is 13.8 Å². The minimum Gasteiger partial charge on any atom is -0.359 e. The summed E-state index contributed by atoms with van der Waals surface area (Å²) in [6, 6.07) is 0.357. The summed E-state index contributed by atoms with van der Waals surface area (Å²) in [5, 5.41) is 3.95. The van der Waals surface area contributed by atoms with Crippen LogP contribution in [0.2, 0.25) is 0 Å². The number of nitrogens with zero attached hydrogens (tertiary/aromatic N) is 1. The number of thiazole rings is 1. The van der Waals surface area contributed by atoms with E-state index in [0.29, 0.717) is 10.9 Å². The van der Waals surface area contributed by atoms with Crippen molar-refractivity contribution in [2.75, 3.05) is 5.32 Å². The summed E-state index contributed by atoms with van der Waals surface area (Å²) in [6.45, 7) is 5.62. The number of carbonyl (C=O) groups excluding carboxylic acids is 1. The normalized spacial score (nSPS) is 10.3. The lowest BCUT2D eigenvalue weighted by atomic mass is 10.4. The van der Waals surface area contributed by atoms with Gasteiger partial charge in [-0.25, -0.2) is 4.98 Å². The Morgan fingerprint density at radius 1 is 1.67 bits per heavy atom. The van der Waals surface area contributed by atoms with E-state index in [1.807, 2.05) is 13.8 Å². The number of nitrogens with one attached hydrogen (secondary N) is 1. The highest BCUT2D eigenvalue weighted by molar-refractivity contribution is 7.17. The maximum Gasteiger partial charge on any atom is 0.183 e. The van der Waals surface area contributed by atoms with Crippen LogP contribution >= 0.6 is 11.3 Å². The number of hydrogen-bond acceptors (Lipinski definition) is 4. The first-order chi connectivity index (χ1) is 5.59. The molecule has 0 aromatic carbocycles. The molecule has 0 radical (unpaired) electrons. The monoisotopic (exact) mass is 184 g/mol. The van der Waals surface area contributed by atoms with Gasteiger partial charge in [0.2, 0.25) is 0 Å². The molecule has 0 unspecified atom stereocenters. The van der Waals surface area contributed by atoms with Crippen LogP contribution in [0.25, 0.3) is 0 Å². The summed E-state index contributed by atoms with van der Waals surface area (Å²) in [5.41, 5.74) is 0. The smallest absolute Gasteiger partial charge is 0.183 e. The molecule has 66 valence electrons. The predicted octanol–water partition coefficient (Wildman–Crippen LogP) is 2.17. The molecule has 1 aromatic rings. The van der Waals surface area contributed by atoms with Gasteiger partial charge in [0.25, 0.3) is 0 Å². The standard InChI is InChI=1S/C8H12N2OS/c1-5(2)10-8-9-4-7(12-8)6(3)11/h4-5H,1-3H3,(H,9,10). The van der Waals surface area contributed by atoms with E-state index in [1.54, 1.807) is 13.1 Å². The zero-order valence-corrected chi connectivity index (χ0v) is 8.23. The van der Waals surface area contributed by atoms with Gasteiger partial charge >= 0.3 is 0 Å². The van der Waals surface area contributed by atoms with E-state index in [2.05, 4.69) is 10.3 Å². The van der Waals surface area contributed by atoms with Gasteiger partial charge in [0.05, 0.1) is 11.1 Å². The zero-order chi connectivity index (χ0) is 9.14. The first-order valence-corrected chi connectivity index (χ1v) is 4.64. The van der Waals surface area contributed by atoms with Gasteiger partial charge in [-0.1, -0.05) is 11.3 Å². The minimum atomic E-state index is 0.0734. The van der Waals surface area contributed by atoms with Gasteiger partial charge in [0.15, 0.2) is 10.9 Å². The molecule has 0 amide bonds. The van der Waals surface area contributed by atoms with E-state index < -0.39 is 0 Å². The number of aromatic nitrogens is 1. The van der Waals surface area contributed by atoms with Crippen LogP contribution in [-0.2, 0) is 0 Å². The quantitative estimate of drug-likeness (QED) is 0.732. The molecule has 0 aliphatic rings. The van der Waals surface area contributed by atoms with E-state index in [9.17, 15) is 4.79 Å². The van der Waals surface area contributed by atoms with Crippen molar-refractivity contribution in [1.29, 1.82) is 0 Å². The van der Waals surface area contributed by atoms with Gasteiger partial charge in [0, 0.05) is 13.0 Å². The molecule has 0 saturated carbocycles. The number of carbonyl (C=O) groups is 1. The highest BCUT2D eigenvalue weighted by Crippen LogP contribution is 2.18. The van der Waals surface area contributed by atoms with Gasteiger partial charge in [-0.3, -0.25) is 4.79 Å². The summed E-state index contributed by atoms with van der Waals surface area (Å²) in [7, 11) is 0. The van der Waals surface area contributed by atoms with Crippen LogP contribution in [0.4, 0.5) is 5.13 Å². The fraction of sp³-hybridized carbons (Fsp3) is 0.500. The highest BCUT2D eigenvalue weighted by atomic mass is 32.1. The van der Waals surface area contributed by atoms with E-state index in [-0.39, 0.29) is 5.78 Å². The second-order valence-corrected chi connectivity index (χ2v) is 3.92. The fourth-order valence-corrected chi connectivity index (χ4v) is 1.61. The van der Waals surface area contributed by atoms with Crippen molar-refractivity contribution in [1.82, 2.24) is 4.98 Å². The lowest BCUT2D eigenvalue weighted by molar-refractivity contribution is 0.102. The molecule has 1 rings (SSSR count). The molecule has 4 heteroatoms. The SMILES string of the molecule is CC(=O)c1cnc(NC(C)C)s1. The Bertz CT molecular complexity index is 280. The molecule has 0 spiro atoms. The van der Waals surface area contributed by atoms with E-state index in [4.69, 9.17) is 0 Å². The van der Waals surface area contributed by atoms with Crippen LogP contribution in [0.5, 0.6) is 0 Å². The third-order valence-electron chi connectivity index (χ3n) is 1.26.